The molecule has 2 aromatic rings. The van der Waals surface area contributed by atoms with Crippen molar-refractivity contribution < 1.29 is 9.50 Å². The SMILES string of the molecule is C=CCC1(CC=C)CC/C(=C/c2ccc(F)cc2)C1(O)Cn1cncn1. The molecule has 0 radical (unpaired) electrons. The van der Waals surface area contributed by atoms with Crippen LogP contribution in [0.1, 0.15) is 31.2 Å². The van der Waals surface area contributed by atoms with E-state index < -0.39 is 11.0 Å². The second-order valence-electron chi connectivity index (χ2n) is 6.94. The smallest absolute Gasteiger partial charge is 0.137 e. The van der Waals surface area contributed by atoms with Crippen LogP contribution in [0.5, 0.6) is 0 Å². The molecule has 1 unspecified atom stereocenters. The highest BCUT2D eigenvalue weighted by Crippen LogP contribution is 2.55. The van der Waals surface area contributed by atoms with Crippen LogP contribution in [0.4, 0.5) is 4.39 Å². The van der Waals surface area contributed by atoms with Crippen molar-refractivity contribution in [3.63, 3.8) is 0 Å². The predicted molar refractivity (Wildman–Crippen MR) is 101 cm³/mol. The summed E-state index contributed by atoms with van der Waals surface area (Å²) in [5.41, 5.74) is 0.279. The molecule has 1 aromatic heterocycles. The molecule has 4 nitrogen and oxygen atoms in total. The largest absolute Gasteiger partial charge is 0.383 e. The third kappa shape index (κ3) is 3.27. The number of hydrogen-bond acceptors (Lipinski definition) is 3. The van der Waals surface area contributed by atoms with Crippen LogP contribution in [0.15, 0.2) is 67.8 Å². The van der Waals surface area contributed by atoms with Gasteiger partial charge in [0.1, 0.15) is 24.1 Å². The fraction of sp³-hybridized carbons (Fsp3) is 0.333. The molecule has 0 amide bonds. The van der Waals surface area contributed by atoms with Crippen LogP contribution in [0.2, 0.25) is 0 Å². The van der Waals surface area contributed by atoms with Gasteiger partial charge in [-0.2, -0.15) is 5.10 Å². The van der Waals surface area contributed by atoms with Crippen molar-refractivity contribution in [3.8, 4) is 0 Å². The van der Waals surface area contributed by atoms with Gasteiger partial charge in [0.2, 0.25) is 0 Å². The fourth-order valence-electron chi connectivity index (χ4n) is 4.08. The Bertz CT molecular complexity index is 785. The van der Waals surface area contributed by atoms with E-state index in [9.17, 15) is 9.50 Å². The molecule has 1 heterocycles. The highest BCUT2D eigenvalue weighted by molar-refractivity contribution is 5.57. The summed E-state index contributed by atoms with van der Waals surface area (Å²) in [5.74, 6) is -0.274. The van der Waals surface area contributed by atoms with E-state index in [2.05, 4.69) is 23.2 Å². The van der Waals surface area contributed by atoms with E-state index in [1.807, 2.05) is 18.2 Å². The van der Waals surface area contributed by atoms with Crippen LogP contribution in [-0.2, 0) is 6.54 Å². The Morgan fingerprint density at radius 1 is 1.19 bits per heavy atom. The molecule has 1 N–H and O–H groups in total. The summed E-state index contributed by atoms with van der Waals surface area (Å²) in [4.78, 5) is 3.99. The van der Waals surface area contributed by atoms with Gasteiger partial charge >= 0.3 is 0 Å². The molecule has 3 rings (SSSR count). The van der Waals surface area contributed by atoms with Crippen molar-refractivity contribution in [2.24, 2.45) is 5.41 Å². The summed E-state index contributed by atoms with van der Waals surface area (Å²) >= 11 is 0. The van der Waals surface area contributed by atoms with Crippen LogP contribution in [-0.4, -0.2) is 25.5 Å². The van der Waals surface area contributed by atoms with Gasteiger partial charge in [-0.3, -0.25) is 0 Å². The first kappa shape index (κ1) is 18.3. The third-order valence-electron chi connectivity index (χ3n) is 5.42. The Hall–Kier alpha value is -2.53. The van der Waals surface area contributed by atoms with Gasteiger partial charge in [0.15, 0.2) is 0 Å². The molecule has 0 aliphatic heterocycles. The zero-order valence-corrected chi connectivity index (χ0v) is 14.8. The first-order valence-electron chi connectivity index (χ1n) is 8.76. The second kappa shape index (κ2) is 7.38. The fourth-order valence-corrected chi connectivity index (χ4v) is 4.08. The lowest BCUT2D eigenvalue weighted by atomic mass is 9.68. The Labute approximate surface area is 153 Å². The quantitative estimate of drug-likeness (QED) is 0.760. The molecular formula is C21H24FN3O. The number of aromatic nitrogens is 3. The van der Waals surface area contributed by atoms with E-state index in [0.717, 1.165) is 24.0 Å². The summed E-state index contributed by atoms with van der Waals surface area (Å²) in [6.07, 6.45) is 11.7. The molecule has 1 aromatic carbocycles. The minimum atomic E-state index is -1.11. The van der Waals surface area contributed by atoms with Gasteiger partial charge in [0, 0.05) is 5.41 Å². The van der Waals surface area contributed by atoms with Crippen molar-refractivity contribution in [2.45, 2.75) is 37.8 Å². The molecule has 0 saturated heterocycles. The normalized spacial score (nSPS) is 23.2. The number of benzene rings is 1. The summed E-state index contributed by atoms with van der Waals surface area (Å²) in [6, 6.07) is 6.30. The zero-order valence-electron chi connectivity index (χ0n) is 14.8. The molecule has 0 spiro atoms. The van der Waals surface area contributed by atoms with Crippen molar-refractivity contribution in [3.05, 3.63) is 79.2 Å². The number of halogens is 1. The molecule has 1 aliphatic carbocycles. The molecule has 136 valence electrons. The van der Waals surface area contributed by atoms with Crippen molar-refractivity contribution in [1.29, 1.82) is 0 Å². The number of hydrogen-bond donors (Lipinski definition) is 1. The Morgan fingerprint density at radius 2 is 1.88 bits per heavy atom. The van der Waals surface area contributed by atoms with E-state index in [4.69, 9.17) is 0 Å². The second-order valence-corrected chi connectivity index (χ2v) is 6.94. The van der Waals surface area contributed by atoms with Crippen molar-refractivity contribution in [2.75, 3.05) is 0 Å². The summed E-state index contributed by atoms with van der Waals surface area (Å²) in [6.45, 7) is 8.09. The van der Waals surface area contributed by atoms with E-state index in [1.165, 1.54) is 18.5 Å². The zero-order chi connectivity index (χ0) is 18.6. The molecule has 1 fully saturated rings. The highest BCUT2D eigenvalue weighted by Gasteiger charge is 2.55. The van der Waals surface area contributed by atoms with E-state index in [1.54, 1.807) is 23.1 Å². The lowest BCUT2D eigenvalue weighted by Gasteiger charge is -2.42. The maximum atomic E-state index is 13.2. The first-order chi connectivity index (χ1) is 12.5. The van der Waals surface area contributed by atoms with Gasteiger partial charge in [0.05, 0.1) is 6.54 Å². The maximum absolute atomic E-state index is 13.2. The Balaban J connectivity index is 2.06. The van der Waals surface area contributed by atoms with E-state index >= 15 is 0 Å². The molecule has 0 bridgehead atoms. The summed E-state index contributed by atoms with van der Waals surface area (Å²) in [7, 11) is 0. The highest BCUT2D eigenvalue weighted by atomic mass is 19.1. The minimum Gasteiger partial charge on any atom is -0.383 e. The molecular weight excluding hydrogens is 329 g/mol. The molecule has 5 heteroatoms. The lowest BCUT2D eigenvalue weighted by Crippen LogP contribution is -2.48. The van der Waals surface area contributed by atoms with Crippen molar-refractivity contribution >= 4 is 6.08 Å². The Kier molecular flexibility index (Phi) is 5.18. The minimum absolute atomic E-state index is 0.274. The number of rotatable bonds is 7. The van der Waals surface area contributed by atoms with E-state index in [0.29, 0.717) is 19.4 Å². The first-order valence-corrected chi connectivity index (χ1v) is 8.76. The third-order valence-corrected chi connectivity index (χ3v) is 5.42. The topological polar surface area (TPSA) is 50.9 Å². The number of aliphatic hydroxyl groups is 1. The molecule has 1 atom stereocenters. The van der Waals surface area contributed by atoms with Crippen LogP contribution in [0, 0.1) is 11.2 Å². The van der Waals surface area contributed by atoms with Crippen LogP contribution in [0.25, 0.3) is 6.08 Å². The van der Waals surface area contributed by atoms with Crippen LogP contribution >= 0.6 is 0 Å². The van der Waals surface area contributed by atoms with Gasteiger partial charge in [-0.15, -0.1) is 13.2 Å². The van der Waals surface area contributed by atoms with Gasteiger partial charge in [-0.05, 0) is 49.0 Å². The average Bonchev–Trinajstić information content (AvgIpc) is 3.20. The number of allylic oxidation sites excluding steroid dienone is 2. The maximum Gasteiger partial charge on any atom is 0.137 e. The molecule has 1 saturated carbocycles. The Morgan fingerprint density at radius 3 is 2.46 bits per heavy atom. The number of nitrogens with zero attached hydrogens (tertiary/aromatic N) is 3. The monoisotopic (exact) mass is 353 g/mol. The predicted octanol–water partition coefficient (Wildman–Crippen LogP) is 4.16. The molecule has 1 aliphatic rings. The van der Waals surface area contributed by atoms with Crippen LogP contribution in [0.3, 0.4) is 0 Å². The molecule has 26 heavy (non-hydrogen) atoms. The lowest BCUT2D eigenvalue weighted by molar-refractivity contribution is -0.0473. The standard InChI is InChI=1S/C21H24FN3O/c1-3-10-20(11-4-2)12-9-18(13-17-5-7-19(22)8-6-17)21(20,26)14-25-16-23-15-24-25/h3-8,13,15-16,26H,1-2,9-12,14H2/b18-13-. The summed E-state index contributed by atoms with van der Waals surface area (Å²) < 4.78 is 14.9. The van der Waals surface area contributed by atoms with E-state index in [-0.39, 0.29) is 5.82 Å². The van der Waals surface area contributed by atoms with Gasteiger partial charge in [-0.1, -0.05) is 30.4 Å². The van der Waals surface area contributed by atoms with Gasteiger partial charge < -0.3 is 5.11 Å². The van der Waals surface area contributed by atoms with Crippen LogP contribution < -0.4 is 0 Å². The average molecular weight is 353 g/mol. The van der Waals surface area contributed by atoms with Gasteiger partial charge in [0.25, 0.3) is 0 Å². The van der Waals surface area contributed by atoms with Gasteiger partial charge in [-0.25, -0.2) is 14.1 Å². The van der Waals surface area contributed by atoms with Crippen molar-refractivity contribution in [1.82, 2.24) is 14.8 Å². The summed E-state index contributed by atoms with van der Waals surface area (Å²) in [5, 5.41) is 16.1.